The van der Waals surface area contributed by atoms with Crippen molar-refractivity contribution in [1.82, 2.24) is 15.1 Å². The molecule has 1 saturated heterocycles. The van der Waals surface area contributed by atoms with Gasteiger partial charge in [-0.25, -0.2) is 0 Å². The molecule has 2 N–H and O–H groups in total. The monoisotopic (exact) mass is 442 g/mol. The summed E-state index contributed by atoms with van der Waals surface area (Å²) in [7, 11) is 0. The van der Waals surface area contributed by atoms with Gasteiger partial charge < -0.3 is 5.32 Å². The summed E-state index contributed by atoms with van der Waals surface area (Å²) in [5, 5.41) is 9.95. The van der Waals surface area contributed by atoms with Crippen LogP contribution in [0.3, 0.4) is 0 Å². The Balaban J connectivity index is 1.48. The molecule has 5 nitrogen and oxygen atoms in total. The second-order valence-corrected chi connectivity index (χ2v) is 8.23. The maximum Gasteiger partial charge on any atom is 0.416 e. The molecule has 3 aromatic rings. The van der Waals surface area contributed by atoms with E-state index >= 15 is 0 Å². The molecule has 0 bridgehead atoms. The van der Waals surface area contributed by atoms with Gasteiger partial charge in [0.25, 0.3) is 0 Å². The number of likely N-dealkylation sites (tertiary alicyclic amines) is 1. The fraction of sp³-hybridized carbons (Fsp3) is 0.333. The SMILES string of the molecule is CC(=O)Nc1ccc(CN2CCCC(c3[nH]ncc3-c3cccc(C(F)(F)F)c3)C2)cc1. The molecule has 1 unspecified atom stereocenters. The minimum Gasteiger partial charge on any atom is -0.326 e. The molecule has 1 aromatic heterocycles. The van der Waals surface area contributed by atoms with Crippen LogP contribution >= 0.6 is 0 Å². The Morgan fingerprint density at radius 3 is 2.72 bits per heavy atom. The molecule has 168 valence electrons. The highest BCUT2D eigenvalue weighted by Gasteiger charge is 2.31. The fourth-order valence-electron chi connectivity index (χ4n) is 4.29. The van der Waals surface area contributed by atoms with Gasteiger partial charge in [0.15, 0.2) is 0 Å². The predicted octanol–water partition coefficient (Wildman–Crippen LogP) is 5.43. The number of nitrogens with one attached hydrogen (secondary N) is 2. The Morgan fingerprint density at radius 1 is 1.22 bits per heavy atom. The Morgan fingerprint density at radius 2 is 2.00 bits per heavy atom. The maximum absolute atomic E-state index is 13.2. The number of benzene rings is 2. The number of rotatable bonds is 5. The average Bonchev–Trinajstić information content (AvgIpc) is 3.25. The lowest BCUT2D eigenvalue weighted by Gasteiger charge is -2.32. The summed E-state index contributed by atoms with van der Waals surface area (Å²) in [6, 6.07) is 13.2. The second-order valence-electron chi connectivity index (χ2n) is 8.23. The van der Waals surface area contributed by atoms with Gasteiger partial charge in [0.1, 0.15) is 0 Å². The van der Waals surface area contributed by atoms with E-state index in [1.54, 1.807) is 12.3 Å². The molecule has 2 aromatic carbocycles. The lowest BCUT2D eigenvalue weighted by atomic mass is 9.90. The molecule has 1 amide bonds. The Labute approximate surface area is 184 Å². The van der Waals surface area contributed by atoms with Crippen molar-refractivity contribution in [2.45, 2.75) is 38.4 Å². The molecule has 1 aliphatic heterocycles. The van der Waals surface area contributed by atoms with Gasteiger partial charge in [0, 0.05) is 42.9 Å². The number of carbonyl (C=O) groups excluding carboxylic acids is 1. The highest BCUT2D eigenvalue weighted by atomic mass is 19.4. The number of H-pyrrole nitrogens is 1. The zero-order valence-electron chi connectivity index (χ0n) is 17.7. The molecule has 1 atom stereocenters. The van der Waals surface area contributed by atoms with Crippen LogP contribution in [-0.2, 0) is 17.5 Å². The van der Waals surface area contributed by atoms with Crippen LogP contribution in [0.2, 0.25) is 0 Å². The molecular formula is C24H25F3N4O. The van der Waals surface area contributed by atoms with E-state index in [-0.39, 0.29) is 11.8 Å². The second kappa shape index (κ2) is 9.16. The molecule has 0 spiro atoms. The van der Waals surface area contributed by atoms with E-state index in [1.165, 1.54) is 19.1 Å². The third-order valence-corrected chi connectivity index (χ3v) is 5.76. The molecular weight excluding hydrogens is 417 g/mol. The van der Waals surface area contributed by atoms with Gasteiger partial charge in [-0.2, -0.15) is 18.3 Å². The Bertz CT molecular complexity index is 1080. The quantitative estimate of drug-likeness (QED) is 0.554. The molecule has 0 aliphatic carbocycles. The van der Waals surface area contributed by atoms with Crippen molar-refractivity contribution in [2.75, 3.05) is 18.4 Å². The maximum atomic E-state index is 13.2. The van der Waals surface area contributed by atoms with Crippen molar-refractivity contribution in [1.29, 1.82) is 0 Å². The normalized spacial score (nSPS) is 17.3. The summed E-state index contributed by atoms with van der Waals surface area (Å²) in [5.41, 5.74) is 3.38. The average molecular weight is 442 g/mol. The summed E-state index contributed by atoms with van der Waals surface area (Å²) >= 11 is 0. The molecule has 32 heavy (non-hydrogen) atoms. The number of aromatic nitrogens is 2. The van der Waals surface area contributed by atoms with Gasteiger partial charge in [-0.3, -0.25) is 14.8 Å². The highest BCUT2D eigenvalue weighted by Crippen LogP contribution is 2.36. The van der Waals surface area contributed by atoms with Gasteiger partial charge in [-0.15, -0.1) is 0 Å². The summed E-state index contributed by atoms with van der Waals surface area (Å²) in [6.07, 6.45) is -0.816. The summed E-state index contributed by atoms with van der Waals surface area (Å²) in [4.78, 5) is 13.5. The molecule has 2 heterocycles. The van der Waals surface area contributed by atoms with Crippen LogP contribution < -0.4 is 5.32 Å². The predicted molar refractivity (Wildman–Crippen MR) is 117 cm³/mol. The van der Waals surface area contributed by atoms with Gasteiger partial charge in [0.05, 0.1) is 11.8 Å². The largest absolute Gasteiger partial charge is 0.416 e. The number of alkyl halides is 3. The smallest absolute Gasteiger partial charge is 0.326 e. The number of hydrogen-bond donors (Lipinski definition) is 2. The van der Waals surface area contributed by atoms with Gasteiger partial charge in [0.2, 0.25) is 5.91 Å². The van der Waals surface area contributed by atoms with Crippen molar-refractivity contribution in [3.8, 4) is 11.1 Å². The molecule has 1 fully saturated rings. The molecule has 0 radical (unpaired) electrons. The van der Waals surface area contributed by atoms with Gasteiger partial charge in [-0.05, 0) is 54.8 Å². The van der Waals surface area contributed by atoms with Crippen molar-refractivity contribution in [3.63, 3.8) is 0 Å². The lowest BCUT2D eigenvalue weighted by molar-refractivity contribution is -0.137. The number of piperidine rings is 1. The van der Waals surface area contributed by atoms with E-state index in [0.29, 0.717) is 5.56 Å². The first-order valence-electron chi connectivity index (χ1n) is 10.6. The first-order chi connectivity index (χ1) is 15.3. The van der Waals surface area contributed by atoms with Crippen molar-refractivity contribution >= 4 is 11.6 Å². The number of aromatic amines is 1. The number of halogens is 3. The van der Waals surface area contributed by atoms with E-state index in [2.05, 4.69) is 20.4 Å². The van der Waals surface area contributed by atoms with Crippen LogP contribution in [0.1, 0.15) is 42.5 Å². The minimum atomic E-state index is -4.38. The summed E-state index contributed by atoms with van der Waals surface area (Å²) < 4.78 is 39.5. The van der Waals surface area contributed by atoms with Gasteiger partial charge in [-0.1, -0.05) is 24.3 Å². The minimum absolute atomic E-state index is 0.104. The molecule has 0 saturated carbocycles. The zero-order valence-corrected chi connectivity index (χ0v) is 17.7. The first kappa shape index (κ1) is 22.1. The van der Waals surface area contributed by atoms with Crippen LogP contribution in [0.4, 0.5) is 18.9 Å². The number of hydrogen-bond acceptors (Lipinski definition) is 3. The Hall–Kier alpha value is -3.13. The van der Waals surface area contributed by atoms with Gasteiger partial charge >= 0.3 is 6.18 Å². The van der Waals surface area contributed by atoms with Crippen LogP contribution in [0, 0.1) is 0 Å². The highest BCUT2D eigenvalue weighted by molar-refractivity contribution is 5.88. The van der Waals surface area contributed by atoms with Crippen LogP contribution in [0.15, 0.2) is 54.7 Å². The van der Waals surface area contributed by atoms with E-state index < -0.39 is 11.7 Å². The topological polar surface area (TPSA) is 61.0 Å². The summed E-state index contributed by atoms with van der Waals surface area (Å²) in [5.74, 6) is 0.0576. The van der Waals surface area contributed by atoms with Crippen LogP contribution in [0.5, 0.6) is 0 Å². The van der Waals surface area contributed by atoms with Crippen LogP contribution in [0.25, 0.3) is 11.1 Å². The first-order valence-corrected chi connectivity index (χ1v) is 10.6. The zero-order chi connectivity index (χ0) is 22.7. The van der Waals surface area contributed by atoms with Crippen molar-refractivity contribution in [3.05, 3.63) is 71.5 Å². The number of anilines is 1. The van der Waals surface area contributed by atoms with Crippen LogP contribution in [-0.4, -0.2) is 34.1 Å². The summed E-state index contributed by atoms with van der Waals surface area (Å²) in [6.45, 7) is 3.99. The lowest BCUT2D eigenvalue weighted by Crippen LogP contribution is -2.34. The standard InChI is InChI=1S/C24H25F3N4O/c1-16(32)29-21-9-7-17(8-10-21)14-31-11-3-5-19(15-31)23-22(13-28-30-23)18-4-2-6-20(12-18)24(25,26)27/h2,4,6-10,12-13,19H,3,5,11,14-15H2,1H3,(H,28,30)(H,29,32). The Kier molecular flexibility index (Phi) is 6.32. The third-order valence-electron chi connectivity index (χ3n) is 5.76. The third kappa shape index (κ3) is 5.19. The number of carbonyl (C=O) groups is 1. The van der Waals surface area contributed by atoms with E-state index in [9.17, 15) is 18.0 Å². The van der Waals surface area contributed by atoms with E-state index in [0.717, 1.165) is 61.1 Å². The molecule has 1 aliphatic rings. The van der Waals surface area contributed by atoms with E-state index in [1.807, 2.05) is 24.3 Å². The fourth-order valence-corrected chi connectivity index (χ4v) is 4.29. The molecule has 4 rings (SSSR count). The molecule has 8 heteroatoms. The van der Waals surface area contributed by atoms with E-state index in [4.69, 9.17) is 0 Å². The van der Waals surface area contributed by atoms with Crippen molar-refractivity contribution in [2.24, 2.45) is 0 Å². The number of amides is 1. The van der Waals surface area contributed by atoms with Crippen molar-refractivity contribution < 1.29 is 18.0 Å². The number of nitrogens with zero attached hydrogens (tertiary/aromatic N) is 2.